The molecule has 6 nitrogen and oxygen atoms in total. The van der Waals surface area contributed by atoms with E-state index in [9.17, 15) is 13.2 Å². The van der Waals surface area contributed by atoms with Crippen molar-refractivity contribution in [1.29, 1.82) is 0 Å². The number of ether oxygens (including phenoxy) is 1. The van der Waals surface area contributed by atoms with E-state index in [0.717, 1.165) is 31.8 Å². The molecule has 1 unspecified atom stereocenters. The van der Waals surface area contributed by atoms with Crippen LogP contribution in [0, 0.1) is 0 Å². The molecule has 0 aliphatic heterocycles. The number of rotatable bonds is 6. The Hall–Kier alpha value is -1.90. The smallest absolute Gasteiger partial charge is 0.377 e. The first-order valence-corrected chi connectivity index (χ1v) is 8.28. The zero-order valence-electron chi connectivity index (χ0n) is 14.8. The third-order valence-corrected chi connectivity index (χ3v) is 3.80. The molecule has 0 radical (unpaired) electrons. The number of aromatic nitrogens is 3. The van der Waals surface area contributed by atoms with Gasteiger partial charge in [-0.2, -0.15) is 28.1 Å². The normalized spacial score (nSPS) is 19.5. The van der Waals surface area contributed by atoms with Crippen LogP contribution in [0.5, 0.6) is 0 Å². The van der Waals surface area contributed by atoms with Crippen LogP contribution in [0.2, 0.25) is 0 Å². The molecule has 0 aromatic carbocycles. The topological polar surface area (TPSA) is 72.0 Å². The van der Waals surface area contributed by atoms with Crippen molar-refractivity contribution in [3.8, 4) is 0 Å². The molecular formula is C16H24F3N5O. The van der Waals surface area contributed by atoms with Crippen LogP contribution < -0.4 is 10.6 Å². The minimum Gasteiger partial charge on any atom is -0.377 e. The second-order valence-corrected chi connectivity index (χ2v) is 6.37. The third-order valence-electron chi connectivity index (χ3n) is 3.80. The summed E-state index contributed by atoms with van der Waals surface area (Å²) in [5.41, 5.74) is 0.856. The number of hydrogen-bond acceptors (Lipinski definition) is 6. The Balaban J connectivity index is 2.35. The molecule has 1 aliphatic carbocycles. The molecule has 1 heterocycles. The molecule has 140 valence electrons. The molecule has 0 spiro atoms. The summed E-state index contributed by atoms with van der Waals surface area (Å²) in [6.45, 7) is 4.82. The van der Waals surface area contributed by atoms with Crippen molar-refractivity contribution in [3.63, 3.8) is 0 Å². The number of halogens is 3. The van der Waals surface area contributed by atoms with Gasteiger partial charge in [0.25, 0.3) is 0 Å². The van der Waals surface area contributed by atoms with Gasteiger partial charge in [-0.15, -0.1) is 0 Å². The van der Waals surface area contributed by atoms with Crippen molar-refractivity contribution in [2.75, 3.05) is 17.7 Å². The van der Waals surface area contributed by atoms with Gasteiger partial charge < -0.3 is 15.4 Å². The lowest BCUT2D eigenvalue weighted by Crippen LogP contribution is -2.34. The van der Waals surface area contributed by atoms with Crippen molar-refractivity contribution in [3.05, 3.63) is 11.9 Å². The fourth-order valence-electron chi connectivity index (χ4n) is 2.44. The second-order valence-electron chi connectivity index (χ2n) is 6.37. The zero-order chi connectivity index (χ0) is 18.6. The van der Waals surface area contributed by atoms with E-state index in [1.165, 1.54) is 0 Å². The van der Waals surface area contributed by atoms with E-state index < -0.39 is 12.2 Å². The number of methoxy groups -OCH3 is 1. The summed E-state index contributed by atoms with van der Waals surface area (Å²) >= 11 is 0. The standard InChI is InChI=1S/C16H24F3N5O/c1-9(2)20-14-22-13(11-6-5-7-12(8-11)25-4)23-15(24-14)21-10(3)16(17,18)19/h8-10,12H,5-7H2,1-4H3,(H2,20,21,22,23,24)/t10-,12?/m1/s1. The van der Waals surface area contributed by atoms with Gasteiger partial charge in [-0.25, -0.2) is 0 Å². The van der Waals surface area contributed by atoms with Crippen LogP contribution >= 0.6 is 0 Å². The summed E-state index contributed by atoms with van der Waals surface area (Å²) in [5, 5.41) is 5.33. The van der Waals surface area contributed by atoms with Crippen molar-refractivity contribution < 1.29 is 17.9 Å². The van der Waals surface area contributed by atoms with Gasteiger partial charge in [-0.05, 0) is 51.7 Å². The summed E-state index contributed by atoms with van der Waals surface area (Å²) < 4.78 is 43.8. The molecule has 9 heteroatoms. The number of alkyl halides is 3. The fourth-order valence-corrected chi connectivity index (χ4v) is 2.44. The maximum absolute atomic E-state index is 12.8. The van der Waals surface area contributed by atoms with Gasteiger partial charge in [-0.3, -0.25) is 0 Å². The van der Waals surface area contributed by atoms with Crippen LogP contribution in [-0.4, -0.2) is 46.4 Å². The molecule has 2 rings (SSSR count). The van der Waals surface area contributed by atoms with Gasteiger partial charge in [0, 0.05) is 13.2 Å². The van der Waals surface area contributed by atoms with Crippen LogP contribution in [0.1, 0.15) is 45.9 Å². The second kappa shape index (κ2) is 7.99. The van der Waals surface area contributed by atoms with Gasteiger partial charge in [0.05, 0.1) is 6.10 Å². The highest BCUT2D eigenvalue weighted by atomic mass is 19.4. The lowest BCUT2D eigenvalue weighted by Gasteiger charge is -2.21. The van der Waals surface area contributed by atoms with Crippen molar-refractivity contribution in [2.24, 2.45) is 0 Å². The number of nitrogens with zero attached hydrogens (tertiary/aromatic N) is 3. The maximum Gasteiger partial charge on any atom is 0.408 e. The average molecular weight is 359 g/mol. The van der Waals surface area contributed by atoms with Gasteiger partial charge >= 0.3 is 6.18 Å². The first-order chi connectivity index (χ1) is 11.7. The van der Waals surface area contributed by atoms with E-state index in [0.29, 0.717) is 5.82 Å². The van der Waals surface area contributed by atoms with E-state index >= 15 is 0 Å². The molecule has 2 atom stereocenters. The van der Waals surface area contributed by atoms with Gasteiger partial charge in [0.2, 0.25) is 11.9 Å². The Kier molecular flexibility index (Phi) is 6.21. The minimum absolute atomic E-state index is 0.0347. The quantitative estimate of drug-likeness (QED) is 0.808. The molecule has 1 aromatic heterocycles. The monoisotopic (exact) mass is 359 g/mol. The van der Waals surface area contributed by atoms with Crippen molar-refractivity contribution in [1.82, 2.24) is 15.0 Å². The van der Waals surface area contributed by atoms with E-state index in [2.05, 4.69) is 25.6 Å². The lowest BCUT2D eigenvalue weighted by atomic mass is 9.97. The predicted octanol–water partition coefficient (Wildman–Crippen LogP) is 3.64. The third kappa shape index (κ3) is 5.55. The Bertz CT molecular complexity index is 618. The van der Waals surface area contributed by atoms with Crippen molar-refractivity contribution in [2.45, 2.75) is 64.4 Å². The molecule has 1 aliphatic rings. The fraction of sp³-hybridized carbons (Fsp3) is 0.688. The predicted molar refractivity (Wildman–Crippen MR) is 90.4 cm³/mol. The first kappa shape index (κ1) is 19.4. The van der Waals surface area contributed by atoms with Crippen LogP contribution in [0.3, 0.4) is 0 Å². The molecule has 0 amide bonds. The highest BCUT2D eigenvalue weighted by Crippen LogP contribution is 2.28. The van der Waals surface area contributed by atoms with Crippen LogP contribution in [0.25, 0.3) is 5.57 Å². The first-order valence-electron chi connectivity index (χ1n) is 8.28. The molecular weight excluding hydrogens is 335 g/mol. The number of nitrogens with one attached hydrogen (secondary N) is 2. The summed E-state index contributed by atoms with van der Waals surface area (Å²) in [6, 6.07) is -1.73. The van der Waals surface area contributed by atoms with Crippen LogP contribution in [-0.2, 0) is 4.74 Å². The summed E-state index contributed by atoms with van der Waals surface area (Å²) in [5.74, 6) is 0.521. The SMILES string of the molecule is COC1C=C(c2nc(NC(C)C)nc(N[C@H](C)C(F)(F)F)n2)CCC1. The van der Waals surface area contributed by atoms with Gasteiger partial charge in [-0.1, -0.05) is 0 Å². The number of allylic oxidation sites excluding steroid dienone is 1. The Morgan fingerprint density at radius 3 is 2.32 bits per heavy atom. The Labute approximate surface area is 145 Å². The number of anilines is 2. The van der Waals surface area contributed by atoms with E-state index in [1.54, 1.807) is 7.11 Å². The molecule has 0 bridgehead atoms. The molecule has 2 N–H and O–H groups in total. The lowest BCUT2D eigenvalue weighted by molar-refractivity contribution is -0.138. The molecule has 1 aromatic rings. The molecule has 25 heavy (non-hydrogen) atoms. The van der Waals surface area contributed by atoms with Gasteiger partial charge in [0.15, 0.2) is 5.82 Å². The van der Waals surface area contributed by atoms with E-state index in [4.69, 9.17) is 4.74 Å². The average Bonchev–Trinajstić information content (AvgIpc) is 2.53. The Morgan fingerprint density at radius 1 is 1.12 bits per heavy atom. The van der Waals surface area contributed by atoms with E-state index in [-0.39, 0.29) is 24.0 Å². The summed E-state index contributed by atoms with van der Waals surface area (Å²) in [6.07, 6.45) is 0.0635. The highest BCUT2D eigenvalue weighted by molar-refractivity contribution is 5.63. The minimum atomic E-state index is -4.39. The molecule has 0 saturated carbocycles. The maximum atomic E-state index is 12.8. The van der Waals surface area contributed by atoms with Crippen LogP contribution in [0.15, 0.2) is 6.08 Å². The molecule has 0 saturated heterocycles. The largest absolute Gasteiger partial charge is 0.408 e. The highest BCUT2D eigenvalue weighted by Gasteiger charge is 2.36. The summed E-state index contributed by atoms with van der Waals surface area (Å²) in [7, 11) is 1.63. The van der Waals surface area contributed by atoms with E-state index in [1.807, 2.05) is 19.9 Å². The zero-order valence-corrected chi connectivity index (χ0v) is 14.8. The number of hydrogen-bond donors (Lipinski definition) is 2. The molecule has 0 fully saturated rings. The van der Waals surface area contributed by atoms with Crippen molar-refractivity contribution >= 4 is 17.5 Å². The Morgan fingerprint density at radius 2 is 1.76 bits per heavy atom. The summed E-state index contributed by atoms with van der Waals surface area (Å²) in [4.78, 5) is 12.6. The van der Waals surface area contributed by atoms with Gasteiger partial charge in [0.1, 0.15) is 6.04 Å². The van der Waals surface area contributed by atoms with Crippen LogP contribution in [0.4, 0.5) is 25.1 Å².